The first-order chi connectivity index (χ1) is 9.65. The third-order valence-electron chi connectivity index (χ3n) is 3.55. The Morgan fingerprint density at radius 1 is 1.50 bits per heavy atom. The minimum atomic E-state index is 0.0317. The number of hydrogen-bond donors (Lipinski definition) is 2. The highest BCUT2D eigenvalue weighted by atomic mass is 16.1. The van der Waals surface area contributed by atoms with Gasteiger partial charge in [-0.3, -0.25) is 4.79 Å². The largest absolute Gasteiger partial charge is 0.373 e. The van der Waals surface area contributed by atoms with Gasteiger partial charge in [0, 0.05) is 38.7 Å². The Labute approximate surface area is 120 Å². The topological polar surface area (TPSA) is 70.2 Å². The van der Waals surface area contributed by atoms with Crippen LogP contribution in [0.15, 0.2) is 6.33 Å². The first kappa shape index (κ1) is 14.6. The van der Waals surface area contributed by atoms with Crippen LogP contribution in [0.5, 0.6) is 0 Å². The Hall–Kier alpha value is -1.85. The van der Waals surface area contributed by atoms with E-state index in [0.29, 0.717) is 0 Å². The molecule has 110 valence electrons. The van der Waals surface area contributed by atoms with Crippen molar-refractivity contribution in [1.29, 1.82) is 0 Å². The molecule has 1 aliphatic heterocycles. The van der Waals surface area contributed by atoms with Crippen LogP contribution in [0, 0.1) is 0 Å². The lowest BCUT2D eigenvalue weighted by Gasteiger charge is -2.22. The summed E-state index contributed by atoms with van der Waals surface area (Å²) in [5.41, 5.74) is 1.17. The summed E-state index contributed by atoms with van der Waals surface area (Å²) in [7, 11) is 1.88. The zero-order valence-corrected chi connectivity index (χ0v) is 12.4. The molecule has 1 fully saturated rings. The molecule has 6 heteroatoms. The van der Waals surface area contributed by atoms with Gasteiger partial charge in [-0.25, -0.2) is 9.97 Å². The fourth-order valence-corrected chi connectivity index (χ4v) is 2.73. The second kappa shape index (κ2) is 6.54. The molecule has 1 aromatic rings. The highest BCUT2D eigenvalue weighted by Crippen LogP contribution is 2.27. The van der Waals surface area contributed by atoms with Gasteiger partial charge in [-0.05, 0) is 12.8 Å². The molecule has 0 aromatic carbocycles. The maximum absolute atomic E-state index is 11.1. The summed E-state index contributed by atoms with van der Waals surface area (Å²) < 4.78 is 0. The SMILES string of the molecule is CCCc1c(NC)ncnc1N1CCC(NC(C)=O)C1. The smallest absolute Gasteiger partial charge is 0.217 e. The van der Waals surface area contributed by atoms with Crippen LogP contribution in [0.3, 0.4) is 0 Å². The minimum Gasteiger partial charge on any atom is -0.373 e. The van der Waals surface area contributed by atoms with Crippen LogP contribution in [0.25, 0.3) is 0 Å². The molecule has 0 bridgehead atoms. The lowest BCUT2D eigenvalue weighted by atomic mass is 10.1. The number of amides is 1. The molecule has 1 aliphatic rings. The summed E-state index contributed by atoms with van der Waals surface area (Å²) in [5.74, 6) is 1.93. The van der Waals surface area contributed by atoms with Crippen LogP contribution in [-0.2, 0) is 11.2 Å². The molecule has 2 rings (SSSR count). The van der Waals surface area contributed by atoms with Crippen LogP contribution in [-0.4, -0.2) is 42.1 Å². The molecule has 0 aliphatic carbocycles. The minimum absolute atomic E-state index is 0.0317. The lowest BCUT2D eigenvalue weighted by molar-refractivity contribution is -0.119. The van der Waals surface area contributed by atoms with Gasteiger partial charge in [0.15, 0.2) is 0 Å². The molecule has 1 atom stereocenters. The maximum Gasteiger partial charge on any atom is 0.217 e. The van der Waals surface area contributed by atoms with Gasteiger partial charge in [0.2, 0.25) is 5.91 Å². The van der Waals surface area contributed by atoms with E-state index in [2.05, 4.69) is 32.4 Å². The second-order valence-electron chi connectivity index (χ2n) is 5.16. The summed E-state index contributed by atoms with van der Waals surface area (Å²) in [5, 5.41) is 6.12. The summed E-state index contributed by atoms with van der Waals surface area (Å²) in [6, 6.07) is 0.218. The number of carbonyl (C=O) groups excluding carboxylic acids is 1. The van der Waals surface area contributed by atoms with Crippen LogP contribution >= 0.6 is 0 Å². The van der Waals surface area contributed by atoms with E-state index in [1.165, 1.54) is 5.56 Å². The van der Waals surface area contributed by atoms with Crippen molar-refractivity contribution in [3.05, 3.63) is 11.9 Å². The average Bonchev–Trinajstić information content (AvgIpc) is 2.86. The Kier molecular flexibility index (Phi) is 4.76. The van der Waals surface area contributed by atoms with Crippen molar-refractivity contribution in [1.82, 2.24) is 15.3 Å². The molecule has 0 radical (unpaired) electrons. The van der Waals surface area contributed by atoms with Crippen molar-refractivity contribution in [2.24, 2.45) is 0 Å². The Morgan fingerprint density at radius 2 is 2.30 bits per heavy atom. The fraction of sp³-hybridized carbons (Fsp3) is 0.643. The Morgan fingerprint density at radius 3 is 2.95 bits per heavy atom. The molecule has 2 heterocycles. The van der Waals surface area contributed by atoms with Crippen molar-refractivity contribution < 1.29 is 4.79 Å². The van der Waals surface area contributed by atoms with Gasteiger partial charge in [-0.2, -0.15) is 0 Å². The molecule has 0 saturated carbocycles. The number of hydrogen-bond acceptors (Lipinski definition) is 5. The van der Waals surface area contributed by atoms with E-state index in [0.717, 1.165) is 44.0 Å². The van der Waals surface area contributed by atoms with Crippen molar-refractivity contribution >= 4 is 17.5 Å². The lowest BCUT2D eigenvalue weighted by Crippen LogP contribution is -2.36. The zero-order chi connectivity index (χ0) is 14.5. The number of carbonyl (C=O) groups is 1. The van der Waals surface area contributed by atoms with Gasteiger partial charge < -0.3 is 15.5 Å². The monoisotopic (exact) mass is 277 g/mol. The van der Waals surface area contributed by atoms with Crippen LogP contribution < -0.4 is 15.5 Å². The van der Waals surface area contributed by atoms with Crippen LogP contribution in [0.1, 0.15) is 32.3 Å². The van der Waals surface area contributed by atoms with E-state index in [9.17, 15) is 4.79 Å². The maximum atomic E-state index is 11.1. The Balaban J connectivity index is 2.18. The van der Waals surface area contributed by atoms with Crippen molar-refractivity contribution in [3.8, 4) is 0 Å². The van der Waals surface area contributed by atoms with E-state index in [-0.39, 0.29) is 11.9 Å². The first-order valence-corrected chi connectivity index (χ1v) is 7.19. The molecule has 1 aromatic heterocycles. The predicted octanol–water partition coefficient (Wildman–Crippen LogP) is 1.19. The zero-order valence-electron chi connectivity index (χ0n) is 12.4. The molecule has 1 saturated heterocycles. The first-order valence-electron chi connectivity index (χ1n) is 7.19. The number of aromatic nitrogens is 2. The number of anilines is 2. The van der Waals surface area contributed by atoms with Gasteiger partial charge in [0.1, 0.15) is 18.0 Å². The fourth-order valence-electron chi connectivity index (χ4n) is 2.73. The average molecular weight is 277 g/mol. The quantitative estimate of drug-likeness (QED) is 0.846. The summed E-state index contributed by atoms with van der Waals surface area (Å²) in [6.07, 6.45) is 4.57. The van der Waals surface area contributed by atoms with E-state index in [4.69, 9.17) is 0 Å². The van der Waals surface area contributed by atoms with Crippen molar-refractivity contribution in [3.63, 3.8) is 0 Å². The summed E-state index contributed by atoms with van der Waals surface area (Å²) in [4.78, 5) is 22.2. The number of nitrogens with one attached hydrogen (secondary N) is 2. The molecule has 1 amide bonds. The predicted molar refractivity (Wildman–Crippen MR) is 80.0 cm³/mol. The highest BCUT2D eigenvalue weighted by Gasteiger charge is 2.26. The normalized spacial score (nSPS) is 18.1. The third kappa shape index (κ3) is 3.18. The molecule has 2 N–H and O–H groups in total. The summed E-state index contributed by atoms with van der Waals surface area (Å²) >= 11 is 0. The Bertz CT molecular complexity index is 477. The molecular formula is C14H23N5O. The third-order valence-corrected chi connectivity index (χ3v) is 3.55. The van der Waals surface area contributed by atoms with Gasteiger partial charge in [-0.15, -0.1) is 0 Å². The highest BCUT2D eigenvalue weighted by molar-refractivity contribution is 5.73. The van der Waals surface area contributed by atoms with E-state index in [1.54, 1.807) is 13.3 Å². The second-order valence-corrected chi connectivity index (χ2v) is 5.16. The molecule has 6 nitrogen and oxygen atoms in total. The number of rotatable bonds is 5. The molecule has 1 unspecified atom stereocenters. The van der Waals surface area contributed by atoms with Gasteiger partial charge in [0.25, 0.3) is 0 Å². The van der Waals surface area contributed by atoms with Crippen LogP contribution in [0.4, 0.5) is 11.6 Å². The number of nitrogens with zero attached hydrogens (tertiary/aromatic N) is 3. The van der Waals surface area contributed by atoms with Crippen molar-refractivity contribution in [2.45, 2.75) is 39.2 Å². The molecule has 0 spiro atoms. The summed E-state index contributed by atoms with van der Waals surface area (Å²) in [6.45, 7) is 5.45. The van der Waals surface area contributed by atoms with Crippen LogP contribution in [0.2, 0.25) is 0 Å². The van der Waals surface area contributed by atoms with Crippen molar-refractivity contribution in [2.75, 3.05) is 30.4 Å². The van der Waals surface area contributed by atoms with Gasteiger partial charge in [-0.1, -0.05) is 13.3 Å². The van der Waals surface area contributed by atoms with E-state index < -0.39 is 0 Å². The van der Waals surface area contributed by atoms with E-state index in [1.807, 2.05) is 7.05 Å². The molecular weight excluding hydrogens is 254 g/mol. The van der Waals surface area contributed by atoms with E-state index >= 15 is 0 Å². The standard InChI is InChI=1S/C14H23N5O/c1-4-5-12-13(15-3)16-9-17-14(12)19-7-6-11(8-19)18-10(2)20/h9,11H,4-8H2,1-3H3,(H,18,20)(H,15,16,17). The van der Waals surface area contributed by atoms with Gasteiger partial charge >= 0.3 is 0 Å². The molecule has 20 heavy (non-hydrogen) atoms. The van der Waals surface area contributed by atoms with Gasteiger partial charge in [0.05, 0.1) is 0 Å².